The molecule has 1 heterocycles. The van der Waals surface area contributed by atoms with Crippen LogP contribution in [0.3, 0.4) is 0 Å². The molecule has 0 atom stereocenters. The molecule has 1 aliphatic rings. The van der Waals surface area contributed by atoms with E-state index in [4.69, 9.17) is 14.6 Å². The third-order valence-electron chi connectivity index (χ3n) is 5.37. The highest BCUT2D eigenvalue weighted by molar-refractivity contribution is 7.92. The maximum Gasteiger partial charge on any atom is 0.328 e. The minimum Gasteiger partial charge on any atom is -0.493 e. The number of hydrogen-bond donors (Lipinski definition) is 3. The molecule has 0 saturated heterocycles. The summed E-state index contributed by atoms with van der Waals surface area (Å²) in [6.07, 6.45) is 5.16. The van der Waals surface area contributed by atoms with Crippen molar-refractivity contribution >= 4 is 27.8 Å². The van der Waals surface area contributed by atoms with Crippen molar-refractivity contribution in [1.82, 2.24) is 10.2 Å². The number of nitrogens with one attached hydrogen (secondary N) is 2. The molecule has 0 unspecified atom stereocenters. The highest BCUT2D eigenvalue weighted by Gasteiger charge is 2.25. The van der Waals surface area contributed by atoms with Crippen molar-refractivity contribution in [3.8, 4) is 22.8 Å². The Morgan fingerprint density at radius 1 is 1.18 bits per heavy atom. The zero-order valence-corrected chi connectivity index (χ0v) is 18.9. The van der Waals surface area contributed by atoms with Crippen LogP contribution in [0.1, 0.15) is 23.2 Å². The number of carboxylic acids is 1. The number of aryl methyl sites for hydroxylation is 1. The molecule has 10 heteroatoms. The third-order valence-corrected chi connectivity index (χ3v) is 6.76. The molecule has 172 valence electrons. The Labute approximate surface area is 191 Å². The molecule has 0 fully saturated rings. The van der Waals surface area contributed by atoms with Gasteiger partial charge in [-0.2, -0.15) is 5.10 Å². The number of rotatable bonds is 8. The number of benzene rings is 2. The van der Waals surface area contributed by atoms with Crippen LogP contribution in [-0.4, -0.2) is 43.9 Å². The van der Waals surface area contributed by atoms with Gasteiger partial charge in [-0.05, 0) is 55.2 Å². The van der Waals surface area contributed by atoms with Gasteiger partial charge >= 0.3 is 5.97 Å². The van der Waals surface area contributed by atoms with Crippen LogP contribution in [-0.2, 0) is 27.7 Å². The predicted molar refractivity (Wildman–Crippen MR) is 123 cm³/mol. The molecule has 2 aromatic carbocycles. The molecular weight excluding hydrogens is 446 g/mol. The molecule has 9 nitrogen and oxygen atoms in total. The summed E-state index contributed by atoms with van der Waals surface area (Å²) in [7, 11) is -1.40. The lowest BCUT2D eigenvalue weighted by molar-refractivity contribution is -0.131. The molecule has 33 heavy (non-hydrogen) atoms. The van der Waals surface area contributed by atoms with Gasteiger partial charge in [0.2, 0.25) is 0 Å². The van der Waals surface area contributed by atoms with Crippen molar-refractivity contribution in [2.75, 3.05) is 18.9 Å². The first-order chi connectivity index (χ1) is 15.8. The van der Waals surface area contributed by atoms with Crippen molar-refractivity contribution in [1.29, 1.82) is 0 Å². The highest BCUT2D eigenvalue weighted by atomic mass is 32.2. The van der Waals surface area contributed by atoms with Crippen LogP contribution in [0.4, 0.5) is 5.69 Å². The Bertz CT molecular complexity index is 1340. The van der Waals surface area contributed by atoms with E-state index in [-0.39, 0.29) is 16.4 Å². The average molecular weight is 470 g/mol. The van der Waals surface area contributed by atoms with E-state index in [1.807, 2.05) is 6.07 Å². The van der Waals surface area contributed by atoms with Gasteiger partial charge in [0, 0.05) is 28.6 Å². The van der Waals surface area contributed by atoms with Crippen molar-refractivity contribution in [3.63, 3.8) is 0 Å². The molecule has 0 saturated carbocycles. The van der Waals surface area contributed by atoms with Crippen molar-refractivity contribution in [3.05, 3.63) is 59.3 Å². The second-order valence-electron chi connectivity index (χ2n) is 7.50. The first-order valence-electron chi connectivity index (χ1n) is 10.2. The topological polar surface area (TPSA) is 131 Å². The van der Waals surface area contributed by atoms with Crippen LogP contribution in [0.15, 0.2) is 47.4 Å². The van der Waals surface area contributed by atoms with E-state index in [0.717, 1.165) is 42.3 Å². The van der Waals surface area contributed by atoms with Gasteiger partial charge in [-0.15, -0.1) is 0 Å². The Hall–Kier alpha value is -3.79. The minimum absolute atomic E-state index is 0.0127. The number of H-pyrrole nitrogens is 1. The van der Waals surface area contributed by atoms with Gasteiger partial charge in [-0.1, -0.05) is 12.1 Å². The van der Waals surface area contributed by atoms with Gasteiger partial charge in [-0.3, -0.25) is 9.82 Å². The van der Waals surface area contributed by atoms with Gasteiger partial charge in [0.15, 0.2) is 11.5 Å². The number of aromatic nitrogens is 2. The van der Waals surface area contributed by atoms with Crippen LogP contribution in [0.2, 0.25) is 0 Å². The zero-order chi connectivity index (χ0) is 23.6. The summed E-state index contributed by atoms with van der Waals surface area (Å²) in [4.78, 5) is 10.7. The number of carboxylic acid groups (broad SMARTS) is 1. The van der Waals surface area contributed by atoms with Crippen molar-refractivity contribution in [2.24, 2.45) is 0 Å². The lowest BCUT2D eigenvalue weighted by Gasteiger charge is -2.16. The maximum absolute atomic E-state index is 13.3. The molecule has 1 aliphatic carbocycles. The first kappa shape index (κ1) is 22.4. The van der Waals surface area contributed by atoms with Gasteiger partial charge in [0.25, 0.3) is 10.0 Å². The third kappa shape index (κ3) is 4.56. The summed E-state index contributed by atoms with van der Waals surface area (Å²) < 4.78 is 39.8. The van der Waals surface area contributed by atoms with Gasteiger partial charge < -0.3 is 14.6 Å². The molecule has 0 amide bonds. The van der Waals surface area contributed by atoms with Crippen molar-refractivity contribution in [2.45, 2.75) is 24.2 Å². The zero-order valence-electron chi connectivity index (χ0n) is 18.1. The number of ether oxygens (including phenoxy) is 2. The second kappa shape index (κ2) is 8.99. The van der Waals surface area contributed by atoms with Gasteiger partial charge in [0.05, 0.1) is 19.9 Å². The minimum atomic E-state index is -4.11. The Morgan fingerprint density at radius 3 is 2.73 bits per heavy atom. The standard InChI is InChI=1S/C23H23N3O6S/c1-31-19-11-14(9-10-21(27)28)12-20(23(19)32-2)33(29,30)26-16-6-3-5-15(13-16)22-17-7-4-8-18(17)24-25-22/h3,5-6,9-13,26H,4,7-8H2,1-2H3,(H,24,25)(H,27,28). The predicted octanol–water partition coefficient (Wildman–Crippen LogP) is 3.48. The molecule has 3 aromatic rings. The van der Waals surface area contributed by atoms with E-state index < -0.39 is 16.0 Å². The highest BCUT2D eigenvalue weighted by Crippen LogP contribution is 2.37. The van der Waals surface area contributed by atoms with Gasteiger partial charge in [0.1, 0.15) is 4.90 Å². The SMILES string of the molecule is COc1cc(C=CC(=O)O)cc(S(=O)(=O)Nc2cccc(-c3n[nH]c4c3CCC4)c2)c1OC. The number of fused-ring (bicyclic) bond motifs is 1. The molecule has 0 radical (unpaired) electrons. The Morgan fingerprint density at radius 2 is 2.00 bits per heavy atom. The summed E-state index contributed by atoms with van der Waals surface area (Å²) in [5, 5.41) is 16.4. The van der Waals surface area contributed by atoms with E-state index >= 15 is 0 Å². The van der Waals surface area contributed by atoms with E-state index in [1.54, 1.807) is 18.2 Å². The lowest BCUT2D eigenvalue weighted by atomic mass is 10.1. The van der Waals surface area contributed by atoms with Crippen LogP contribution in [0.5, 0.6) is 11.5 Å². The molecule has 4 rings (SSSR count). The number of nitrogens with zero attached hydrogens (tertiary/aromatic N) is 1. The van der Waals surface area contributed by atoms with Crippen LogP contribution in [0, 0.1) is 0 Å². The van der Waals surface area contributed by atoms with E-state index in [2.05, 4.69) is 14.9 Å². The lowest BCUT2D eigenvalue weighted by Crippen LogP contribution is -2.15. The fraction of sp³-hybridized carbons (Fsp3) is 0.217. The Kier molecular flexibility index (Phi) is 6.10. The van der Waals surface area contributed by atoms with E-state index in [9.17, 15) is 13.2 Å². The molecule has 0 aliphatic heterocycles. The summed E-state index contributed by atoms with van der Waals surface area (Å²) in [5.74, 6) is -0.987. The number of methoxy groups -OCH3 is 2. The number of aromatic amines is 1. The number of sulfonamides is 1. The number of hydrogen-bond acceptors (Lipinski definition) is 6. The summed E-state index contributed by atoms with van der Waals surface area (Å²) >= 11 is 0. The molecule has 3 N–H and O–H groups in total. The van der Waals surface area contributed by atoms with Crippen molar-refractivity contribution < 1.29 is 27.8 Å². The fourth-order valence-electron chi connectivity index (χ4n) is 3.91. The smallest absolute Gasteiger partial charge is 0.328 e. The summed E-state index contributed by atoms with van der Waals surface area (Å²) in [5.41, 5.74) is 4.60. The van der Waals surface area contributed by atoms with Crippen LogP contribution < -0.4 is 14.2 Å². The van der Waals surface area contributed by atoms with Crippen LogP contribution >= 0.6 is 0 Å². The molecule has 0 spiro atoms. The largest absolute Gasteiger partial charge is 0.493 e. The maximum atomic E-state index is 13.3. The Balaban J connectivity index is 1.72. The molecule has 0 bridgehead atoms. The van der Waals surface area contributed by atoms with Gasteiger partial charge in [-0.25, -0.2) is 13.2 Å². The number of carbonyl (C=O) groups is 1. The fourth-order valence-corrected chi connectivity index (χ4v) is 5.18. The average Bonchev–Trinajstić information content (AvgIpc) is 3.41. The summed E-state index contributed by atoms with van der Waals surface area (Å²) in [6.45, 7) is 0. The second-order valence-corrected chi connectivity index (χ2v) is 9.15. The molecular formula is C23H23N3O6S. The summed E-state index contributed by atoms with van der Waals surface area (Å²) in [6, 6.07) is 9.83. The van der Waals surface area contributed by atoms with Crippen LogP contribution in [0.25, 0.3) is 17.3 Å². The number of anilines is 1. The first-order valence-corrected chi connectivity index (χ1v) is 11.7. The van der Waals surface area contributed by atoms with E-state index in [1.165, 1.54) is 38.0 Å². The monoisotopic (exact) mass is 469 g/mol. The number of aliphatic carboxylic acids is 1. The quantitative estimate of drug-likeness (QED) is 0.431. The normalized spacial score (nSPS) is 13.2. The van der Waals surface area contributed by atoms with E-state index in [0.29, 0.717) is 11.3 Å². The molecule has 1 aromatic heterocycles.